The monoisotopic (exact) mass is 230 g/mol. The van der Waals surface area contributed by atoms with Gasteiger partial charge in [0, 0.05) is 18.9 Å². The summed E-state index contributed by atoms with van der Waals surface area (Å²) >= 11 is 0. The smallest absolute Gasteiger partial charge is 0.308 e. The van der Waals surface area contributed by atoms with Crippen molar-refractivity contribution in [3.63, 3.8) is 0 Å². The highest BCUT2D eigenvalue weighted by Gasteiger charge is 2.03. The molecule has 17 heavy (non-hydrogen) atoms. The Hall–Kier alpha value is -2.30. The minimum absolute atomic E-state index is 0.274. The lowest BCUT2D eigenvalue weighted by molar-refractivity contribution is 0.262. The first-order chi connectivity index (χ1) is 8.13. The second-order valence-corrected chi connectivity index (χ2v) is 3.85. The number of carbonyl (C=O) groups excluding carboxylic acids is 1. The number of amides is 2. The SMILES string of the molecule is Cc1cccc(NC(=O)Nc2cnn(C)c2)c1. The predicted molar refractivity (Wildman–Crippen MR) is 67.0 cm³/mol. The molecule has 2 aromatic rings. The van der Waals surface area contributed by atoms with Gasteiger partial charge in [0.2, 0.25) is 0 Å². The van der Waals surface area contributed by atoms with Crippen LogP contribution in [0.2, 0.25) is 0 Å². The van der Waals surface area contributed by atoms with Gasteiger partial charge in [-0.2, -0.15) is 5.10 Å². The van der Waals surface area contributed by atoms with Crippen molar-refractivity contribution in [1.29, 1.82) is 0 Å². The molecule has 0 radical (unpaired) electrons. The molecule has 1 aromatic carbocycles. The molecule has 0 aliphatic rings. The fourth-order valence-electron chi connectivity index (χ4n) is 1.50. The number of urea groups is 1. The highest BCUT2D eigenvalue weighted by Crippen LogP contribution is 2.10. The third-order valence-electron chi connectivity index (χ3n) is 2.24. The lowest BCUT2D eigenvalue weighted by Gasteiger charge is -2.06. The van der Waals surface area contributed by atoms with E-state index >= 15 is 0 Å². The number of anilines is 2. The van der Waals surface area contributed by atoms with Crippen LogP contribution < -0.4 is 10.6 Å². The standard InChI is InChI=1S/C12H14N4O/c1-9-4-3-5-10(6-9)14-12(17)15-11-7-13-16(2)8-11/h3-8H,1-2H3,(H2,14,15,17). The maximum Gasteiger partial charge on any atom is 0.323 e. The number of hydrogen-bond acceptors (Lipinski definition) is 2. The third-order valence-corrected chi connectivity index (χ3v) is 2.24. The maximum atomic E-state index is 11.6. The molecule has 0 aliphatic carbocycles. The van der Waals surface area contributed by atoms with Crippen molar-refractivity contribution in [1.82, 2.24) is 9.78 Å². The van der Waals surface area contributed by atoms with Crippen LogP contribution in [0.3, 0.4) is 0 Å². The van der Waals surface area contributed by atoms with E-state index in [1.807, 2.05) is 31.2 Å². The molecular formula is C12H14N4O. The Labute approximate surface area is 99.5 Å². The quantitative estimate of drug-likeness (QED) is 0.832. The van der Waals surface area contributed by atoms with E-state index in [1.165, 1.54) is 0 Å². The molecule has 0 saturated heterocycles. The molecule has 0 saturated carbocycles. The van der Waals surface area contributed by atoms with Crippen LogP contribution in [0.1, 0.15) is 5.56 Å². The molecule has 0 unspecified atom stereocenters. The number of aryl methyl sites for hydroxylation is 2. The fourth-order valence-corrected chi connectivity index (χ4v) is 1.50. The van der Waals surface area contributed by atoms with Gasteiger partial charge in [-0.25, -0.2) is 4.79 Å². The molecule has 0 fully saturated rings. The lowest BCUT2D eigenvalue weighted by atomic mass is 10.2. The summed E-state index contributed by atoms with van der Waals surface area (Å²) in [6, 6.07) is 7.35. The molecule has 1 heterocycles. The van der Waals surface area contributed by atoms with Crippen molar-refractivity contribution < 1.29 is 4.79 Å². The van der Waals surface area contributed by atoms with Crippen LogP contribution in [0.15, 0.2) is 36.7 Å². The molecule has 2 amide bonds. The van der Waals surface area contributed by atoms with E-state index in [2.05, 4.69) is 15.7 Å². The first-order valence-corrected chi connectivity index (χ1v) is 5.27. The normalized spacial score (nSPS) is 10.0. The number of benzene rings is 1. The Morgan fingerprint density at radius 1 is 1.29 bits per heavy atom. The van der Waals surface area contributed by atoms with Gasteiger partial charge in [0.05, 0.1) is 11.9 Å². The van der Waals surface area contributed by atoms with Crippen molar-refractivity contribution >= 4 is 17.4 Å². The molecule has 0 bridgehead atoms. The Morgan fingerprint density at radius 2 is 2.06 bits per heavy atom. The van der Waals surface area contributed by atoms with Gasteiger partial charge in [-0.15, -0.1) is 0 Å². The van der Waals surface area contributed by atoms with E-state index in [1.54, 1.807) is 24.1 Å². The molecule has 1 aromatic heterocycles. The van der Waals surface area contributed by atoms with Gasteiger partial charge < -0.3 is 10.6 Å². The Morgan fingerprint density at radius 3 is 2.71 bits per heavy atom. The summed E-state index contributed by atoms with van der Waals surface area (Å²) in [7, 11) is 1.80. The van der Waals surface area contributed by atoms with Crippen molar-refractivity contribution in [3.05, 3.63) is 42.2 Å². The topological polar surface area (TPSA) is 59.0 Å². The first kappa shape index (κ1) is 11.2. The molecule has 5 nitrogen and oxygen atoms in total. The average Bonchev–Trinajstić information content (AvgIpc) is 2.63. The third kappa shape index (κ3) is 3.07. The highest BCUT2D eigenvalue weighted by atomic mass is 16.2. The number of nitrogens with zero attached hydrogens (tertiary/aromatic N) is 2. The Balaban J connectivity index is 1.98. The number of aromatic nitrogens is 2. The molecule has 0 spiro atoms. The van der Waals surface area contributed by atoms with Gasteiger partial charge >= 0.3 is 6.03 Å². The second-order valence-electron chi connectivity index (χ2n) is 3.85. The van der Waals surface area contributed by atoms with Crippen LogP contribution in [0.5, 0.6) is 0 Å². The minimum Gasteiger partial charge on any atom is -0.308 e. The Bertz CT molecular complexity index is 533. The van der Waals surface area contributed by atoms with E-state index < -0.39 is 0 Å². The lowest BCUT2D eigenvalue weighted by Crippen LogP contribution is -2.19. The first-order valence-electron chi connectivity index (χ1n) is 5.27. The summed E-state index contributed by atoms with van der Waals surface area (Å²) in [5.41, 5.74) is 2.54. The zero-order chi connectivity index (χ0) is 12.3. The second kappa shape index (κ2) is 4.69. The van der Waals surface area contributed by atoms with Crippen molar-refractivity contribution in [3.8, 4) is 0 Å². The molecular weight excluding hydrogens is 216 g/mol. The summed E-state index contributed by atoms with van der Waals surface area (Å²) < 4.78 is 1.63. The van der Waals surface area contributed by atoms with E-state index in [9.17, 15) is 4.79 Å². The van der Waals surface area contributed by atoms with Gasteiger partial charge in [-0.1, -0.05) is 12.1 Å². The predicted octanol–water partition coefficient (Wildman–Crippen LogP) is 2.37. The molecule has 2 N–H and O–H groups in total. The van der Waals surface area contributed by atoms with Crippen molar-refractivity contribution in [2.75, 3.05) is 10.6 Å². The summed E-state index contributed by atoms with van der Waals surface area (Å²) in [5.74, 6) is 0. The van der Waals surface area contributed by atoms with Crippen LogP contribution in [-0.4, -0.2) is 15.8 Å². The van der Waals surface area contributed by atoms with Crippen LogP contribution in [0, 0.1) is 6.92 Å². The Kier molecular flexibility index (Phi) is 3.09. The van der Waals surface area contributed by atoms with Crippen molar-refractivity contribution in [2.24, 2.45) is 7.05 Å². The summed E-state index contributed by atoms with van der Waals surface area (Å²) in [6.07, 6.45) is 3.33. The fraction of sp³-hybridized carbons (Fsp3) is 0.167. The minimum atomic E-state index is -0.274. The molecule has 0 aliphatic heterocycles. The van der Waals surface area contributed by atoms with E-state index in [0.717, 1.165) is 11.3 Å². The van der Waals surface area contributed by atoms with Crippen LogP contribution in [-0.2, 0) is 7.05 Å². The van der Waals surface area contributed by atoms with Crippen LogP contribution in [0.25, 0.3) is 0 Å². The summed E-state index contributed by atoms with van der Waals surface area (Å²) in [5, 5.41) is 9.42. The zero-order valence-electron chi connectivity index (χ0n) is 9.77. The zero-order valence-corrected chi connectivity index (χ0v) is 9.77. The van der Waals surface area contributed by atoms with E-state index in [-0.39, 0.29) is 6.03 Å². The summed E-state index contributed by atoms with van der Waals surface area (Å²) in [4.78, 5) is 11.6. The van der Waals surface area contributed by atoms with E-state index in [4.69, 9.17) is 0 Å². The molecule has 2 rings (SSSR count). The molecule has 88 valence electrons. The van der Waals surface area contributed by atoms with Gasteiger partial charge in [0.1, 0.15) is 0 Å². The molecule has 0 atom stereocenters. The number of nitrogens with one attached hydrogen (secondary N) is 2. The van der Waals surface area contributed by atoms with E-state index in [0.29, 0.717) is 5.69 Å². The van der Waals surface area contributed by atoms with Gasteiger partial charge in [0.15, 0.2) is 0 Å². The largest absolute Gasteiger partial charge is 0.323 e. The average molecular weight is 230 g/mol. The van der Waals surface area contributed by atoms with Crippen LogP contribution in [0.4, 0.5) is 16.2 Å². The number of carbonyl (C=O) groups is 1. The van der Waals surface area contributed by atoms with Crippen molar-refractivity contribution in [2.45, 2.75) is 6.92 Å². The number of rotatable bonds is 2. The number of hydrogen-bond donors (Lipinski definition) is 2. The summed E-state index contributed by atoms with van der Waals surface area (Å²) in [6.45, 7) is 1.98. The van der Waals surface area contributed by atoms with Gasteiger partial charge in [-0.05, 0) is 24.6 Å². The highest BCUT2D eigenvalue weighted by molar-refractivity contribution is 5.99. The van der Waals surface area contributed by atoms with Gasteiger partial charge in [0.25, 0.3) is 0 Å². The van der Waals surface area contributed by atoms with Gasteiger partial charge in [-0.3, -0.25) is 4.68 Å². The van der Waals surface area contributed by atoms with Crippen LogP contribution >= 0.6 is 0 Å². The molecule has 5 heteroatoms. The maximum absolute atomic E-state index is 11.6.